The largest absolute Gasteiger partial charge is 0.381 e. The summed E-state index contributed by atoms with van der Waals surface area (Å²) in [5.74, 6) is 1.69. The van der Waals surface area contributed by atoms with Gasteiger partial charge < -0.3 is 24.4 Å². The van der Waals surface area contributed by atoms with Gasteiger partial charge in [-0.15, -0.1) is 24.0 Å². The lowest BCUT2D eigenvalue weighted by Gasteiger charge is -2.34. The normalized spacial score (nSPS) is 20.4. The molecule has 25 heavy (non-hydrogen) atoms. The molecule has 2 aliphatic heterocycles. The van der Waals surface area contributed by atoms with Crippen LogP contribution in [0.3, 0.4) is 0 Å². The van der Waals surface area contributed by atoms with Crippen molar-refractivity contribution in [2.24, 2.45) is 10.9 Å². The number of piperidine rings is 1. The van der Waals surface area contributed by atoms with E-state index in [0.717, 1.165) is 90.7 Å². The van der Waals surface area contributed by atoms with Crippen molar-refractivity contribution >= 4 is 29.9 Å². The monoisotopic (exact) mass is 469 g/mol. The number of hydrogen-bond donors (Lipinski definition) is 1. The Labute approximate surface area is 170 Å². The Morgan fingerprint density at radius 3 is 2.56 bits per heavy atom. The van der Waals surface area contributed by atoms with Crippen molar-refractivity contribution in [2.75, 3.05) is 59.7 Å². The predicted molar refractivity (Wildman–Crippen MR) is 112 cm³/mol. The molecule has 2 heterocycles. The smallest absolute Gasteiger partial charge is 0.193 e. The highest BCUT2D eigenvalue weighted by atomic mass is 127. The lowest BCUT2D eigenvalue weighted by atomic mass is 10.0. The topological polar surface area (TPSA) is 55.3 Å². The number of nitrogens with zero attached hydrogens (tertiary/aromatic N) is 2. The molecular weight excluding hydrogens is 433 g/mol. The highest BCUT2D eigenvalue weighted by molar-refractivity contribution is 14.0. The van der Waals surface area contributed by atoms with Gasteiger partial charge in [0.25, 0.3) is 0 Å². The molecule has 6 nitrogen and oxygen atoms in total. The van der Waals surface area contributed by atoms with Crippen LogP contribution in [0, 0.1) is 5.92 Å². The van der Waals surface area contributed by atoms with E-state index in [1.165, 1.54) is 0 Å². The average Bonchev–Trinajstić information content (AvgIpc) is 2.63. The van der Waals surface area contributed by atoms with E-state index >= 15 is 0 Å². The maximum atomic E-state index is 5.81. The van der Waals surface area contributed by atoms with E-state index in [0.29, 0.717) is 12.0 Å². The number of hydrogen-bond acceptors (Lipinski definition) is 4. The van der Waals surface area contributed by atoms with Gasteiger partial charge in [-0.05, 0) is 44.9 Å². The van der Waals surface area contributed by atoms with Gasteiger partial charge in [0.1, 0.15) is 0 Å². The van der Waals surface area contributed by atoms with Gasteiger partial charge >= 0.3 is 0 Å². The fourth-order valence-corrected chi connectivity index (χ4v) is 3.34. The maximum Gasteiger partial charge on any atom is 0.193 e. The number of ether oxygens (including phenoxy) is 3. The van der Waals surface area contributed by atoms with Crippen LogP contribution in [0.1, 0.15) is 39.0 Å². The zero-order valence-electron chi connectivity index (χ0n) is 15.9. The van der Waals surface area contributed by atoms with Crippen LogP contribution >= 0.6 is 24.0 Å². The molecule has 0 bridgehead atoms. The van der Waals surface area contributed by atoms with Crippen LogP contribution in [0.5, 0.6) is 0 Å². The minimum Gasteiger partial charge on any atom is -0.381 e. The van der Waals surface area contributed by atoms with Crippen molar-refractivity contribution in [1.82, 2.24) is 10.2 Å². The van der Waals surface area contributed by atoms with Crippen LogP contribution < -0.4 is 5.32 Å². The van der Waals surface area contributed by atoms with E-state index in [4.69, 9.17) is 14.2 Å². The maximum absolute atomic E-state index is 5.81. The molecule has 1 N–H and O–H groups in total. The number of halogens is 1. The second-order valence-corrected chi connectivity index (χ2v) is 6.60. The van der Waals surface area contributed by atoms with Gasteiger partial charge in [0.05, 0.1) is 6.10 Å². The lowest BCUT2D eigenvalue weighted by Crippen LogP contribution is -2.47. The lowest BCUT2D eigenvalue weighted by molar-refractivity contribution is 0.0201. The average molecular weight is 469 g/mol. The number of guanidine groups is 1. The molecule has 2 aliphatic rings. The summed E-state index contributed by atoms with van der Waals surface area (Å²) in [6.07, 6.45) is 5.89. The van der Waals surface area contributed by atoms with Crippen molar-refractivity contribution in [3.63, 3.8) is 0 Å². The third-order valence-electron chi connectivity index (χ3n) is 4.80. The Balaban J connectivity index is 0.00000312. The first-order chi connectivity index (χ1) is 11.8. The quantitative estimate of drug-likeness (QED) is 0.256. The molecule has 0 aromatic carbocycles. The van der Waals surface area contributed by atoms with Crippen LogP contribution in [0.2, 0.25) is 0 Å². The number of likely N-dealkylation sites (tertiary alicyclic amines) is 1. The Bertz CT molecular complexity index is 357. The van der Waals surface area contributed by atoms with Gasteiger partial charge in [-0.25, -0.2) is 0 Å². The SMILES string of the molecule is CCOC1CCN(C(=NC)NCCCOCC2CCOCC2)CC1.I. The molecule has 0 spiro atoms. The third kappa shape index (κ3) is 8.88. The molecule has 0 amide bonds. The van der Waals surface area contributed by atoms with Crippen molar-refractivity contribution in [2.45, 2.75) is 45.1 Å². The van der Waals surface area contributed by atoms with Gasteiger partial charge in [-0.1, -0.05) is 0 Å². The van der Waals surface area contributed by atoms with E-state index in [2.05, 4.69) is 22.1 Å². The van der Waals surface area contributed by atoms with Crippen LogP contribution in [0.15, 0.2) is 4.99 Å². The van der Waals surface area contributed by atoms with Crippen LogP contribution in [0.25, 0.3) is 0 Å². The van der Waals surface area contributed by atoms with Gasteiger partial charge in [0, 0.05) is 59.7 Å². The highest BCUT2D eigenvalue weighted by Crippen LogP contribution is 2.15. The molecule has 0 aromatic heterocycles. The molecule has 0 unspecified atom stereocenters. The molecule has 148 valence electrons. The summed E-state index contributed by atoms with van der Waals surface area (Å²) in [5, 5.41) is 3.46. The summed E-state index contributed by atoms with van der Waals surface area (Å²) in [6, 6.07) is 0. The molecule has 0 aromatic rings. The summed E-state index contributed by atoms with van der Waals surface area (Å²) in [5.41, 5.74) is 0. The molecule has 0 aliphatic carbocycles. The Morgan fingerprint density at radius 2 is 1.92 bits per heavy atom. The summed E-state index contributed by atoms with van der Waals surface area (Å²) >= 11 is 0. The molecule has 0 atom stereocenters. The zero-order valence-corrected chi connectivity index (χ0v) is 18.2. The first-order valence-corrected chi connectivity index (χ1v) is 9.56. The molecule has 2 rings (SSSR count). The predicted octanol–water partition coefficient (Wildman–Crippen LogP) is 2.51. The third-order valence-corrected chi connectivity index (χ3v) is 4.80. The Kier molecular flexibility index (Phi) is 12.8. The van der Waals surface area contributed by atoms with Crippen molar-refractivity contribution in [1.29, 1.82) is 0 Å². The Morgan fingerprint density at radius 1 is 1.20 bits per heavy atom. The minimum atomic E-state index is 0. The molecule has 0 radical (unpaired) electrons. The van der Waals surface area contributed by atoms with Gasteiger partial charge in [0.2, 0.25) is 0 Å². The van der Waals surface area contributed by atoms with E-state index in [-0.39, 0.29) is 24.0 Å². The van der Waals surface area contributed by atoms with Crippen molar-refractivity contribution in [3.05, 3.63) is 0 Å². The van der Waals surface area contributed by atoms with Crippen LogP contribution in [-0.4, -0.2) is 76.7 Å². The Hall–Kier alpha value is -0.120. The van der Waals surface area contributed by atoms with Gasteiger partial charge in [-0.3, -0.25) is 4.99 Å². The molecule has 2 fully saturated rings. The minimum absolute atomic E-state index is 0. The van der Waals surface area contributed by atoms with Gasteiger partial charge in [-0.2, -0.15) is 0 Å². The van der Waals surface area contributed by atoms with Crippen LogP contribution in [0.4, 0.5) is 0 Å². The highest BCUT2D eigenvalue weighted by Gasteiger charge is 2.21. The molecular formula is C18H36IN3O3. The van der Waals surface area contributed by atoms with E-state index in [9.17, 15) is 0 Å². The second-order valence-electron chi connectivity index (χ2n) is 6.60. The number of rotatable bonds is 8. The molecule has 7 heteroatoms. The first kappa shape index (κ1) is 22.9. The number of aliphatic imine (C=N–C) groups is 1. The van der Waals surface area contributed by atoms with Crippen molar-refractivity contribution < 1.29 is 14.2 Å². The van der Waals surface area contributed by atoms with E-state index in [1.54, 1.807) is 0 Å². The van der Waals surface area contributed by atoms with E-state index in [1.807, 2.05) is 7.05 Å². The van der Waals surface area contributed by atoms with Crippen molar-refractivity contribution in [3.8, 4) is 0 Å². The fourth-order valence-electron chi connectivity index (χ4n) is 3.34. The first-order valence-electron chi connectivity index (χ1n) is 9.56. The van der Waals surface area contributed by atoms with Gasteiger partial charge in [0.15, 0.2) is 5.96 Å². The number of nitrogens with one attached hydrogen (secondary N) is 1. The van der Waals surface area contributed by atoms with Crippen LogP contribution in [-0.2, 0) is 14.2 Å². The summed E-state index contributed by atoms with van der Waals surface area (Å²) in [7, 11) is 1.86. The molecule has 2 saturated heterocycles. The standard InChI is InChI=1S/C18H35N3O3.HI/c1-3-24-17-5-10-21(11-6-17)18(19-2)20-9-4-12-23-15-16-7-13-22-14-8-16;/h16-17H,3-15H2,1-2H3,(H,19,20);1H. The summed E-state index contributed by atoms with van der Waals surface area (Å²) in [4.78, 5) is 6.74. The summed E-state index contributed by atoms with van der Waals surface area (Å²) in [6.45, 7) is 9.30. The summed E-state index contributed by atoms with van der Waals surface area (Å²) < 4.78 is 16.9. The zero-order chi connectivity index (χ0) is 17.0. The second kappa shape index (κ2) is 14.0. The fraction of sp³-hybridized carbons (Fsp3) is 0.944. The van der Waals surface area contributed by atoms with E-state index < -0.39 is 0 Å². The molecule has 0 saturated carbocycles.